The van der Waals surface area contributed by atoms with Crippen LogP contribution in [-0.2, 0) is 22.7 Å². The highest BCUT2D eigenvalue weighted by Gasteiger charge is 2.29. The number of benzene rings is 2. The van der Waals surface area contributed by atoms with E-state index in [9.17, 15) is 21.6 Å². The molecule has 0 amide bonds. The summed E-state index contributed by atoms with van der Waals surface area (Å²) in [6.45, 7) is -0.132. The Bertz CT molecular complexity index is 856. The fraction of sp³-hybridized carbons (Fsp3) is 0.250. The standard InChI is InChI=1S/C16H16BrF3N2O3S/c17-14-9-13(26(24,25)22-7-8-23)5-6-15(14)21-10-11-1-3-12(4-2-11)16(18,19)20/h1-6,9,21-23H,7-8,10H2. The zero-order chi connectivity index (χ0) is 19.4. The van der Waals surface area contributed by atoms with Crippen LogP contribution in [0.5, 0.6) is 0 Å². The molecule has 0 aliphatic rings. The quantitative estimate of drug-likeness (QED) is 0.601. The third-order valence-electron chi connectivity index (χ3n) is 3.42. The first-order valence-electron chi connectivity index (χ1n) is 7.43. The molecule has 26 heavy (non-hydrogen) atoms. The van der Waals surface area contributed by atoms with Gasteiger partial charge in [0.15, 0.2) is 0 Å². The van der Waals surface area contributed by atoms with Crippen LogP contribution in [0.2, 0.25) is 0 Å². The van der Waals surface area contributed by atoms with Gasteiger partial charge in [-0.25, -0.2) is 13.1 Å². The average Bonchev–Trinajstić information content (AvgIpc) is 2.58. The number of rotatable bonds is 7. The number of hydrogen-bond donors (Lipinski definition) is 3. The van der Waals surface area contributed by atoms with E-state index in [0.717, 1.165) is 12.1 Å². The normalized spacial score (nSPS) is 12.2. The van der Waals surface area contributed by atoms with Crippen LogP contribution in [0, 0.1) is 0 Å². The third-order valence-corrected chi connectivity index (χ3v) is 5.53. The minimum Gasteiger partial charge on any atom is -0.395 e. The van der Waals surface area contributed by atoms with Gasteiger partial charge in [0.2, 0.25) is 10.0 Å². The molecule has 2 aromatic rings. The summed E-state index contributed by atoms with van der Waals surface area (Å²) >= 11 is 3.27. The highest BCUT2D eigenvalue weighted by atomic mass is 79.9. The lowest BCUT2D eigenvalue weighted by molar-refractivity contribution is -0.137. The molecule has 0 heterocycles. The third kappa shape index (κ3) is 5.44. The maximum atomic E-state index is 12.5. The lowest BCUT2D eigenvalue weighted by Gasteiger charge is -2.12. The predicted octanol–water partition coefficient (Wildman–Crippen LogP) is 3.35. The van der Waals surface area contributed by atoms with Gasteiger partial charge in [-0.1, -0.05) is 12.1 Å². The summed E-state index contributed by atoms with van der Waals surface area (Å²) in [6.07, 6.45) is -4.37. The van der Waals surface area contributed by atoms with Crippen LogP contribution in [0.1, 0.15) is 11.1 Å². The van der Waals surface area contributed by atoms with E-state index in [1.165, 1.54) is 24.3 Å². The molecule has 3 N–H and O–H groups in total. The van der Waals surface area contributed by atoms with Crippen molar-refractivity contribution in [2.45, 2.75) is 17.6 Å². The number of anilines is 1. The van der Waals surface area contributed by atoms with Gasteiger partial charge < -0.3 is 10.4 Å². The van der Waals surface area contributed by atoms with Crippen LogP contribution in [0.15, 0.2) is 51.8 Å². The Morgan fingerprint density at radius 3 is 2.27 bits per heavy atom. The van der Waals surface area contributed by atoms with Gasteiger partial charge in [0.25, 0.3) is 0 Å². The Kier molecular flexibility index (Phi) is 6.67. The summed E-state index contributed by atoms with van der Waals surface area (Å²) in [6, 6.07) is 9.10. The number of alkyl halides is 3. The first kappa shape index (κ1) is 20.7. The molecule has 0 unspecified atom stereocenters. The molecule has 2 aromatic carbocycles. The van der Waals surface area contributed by atoms with Crippen molar-refractivity contribution in [3.63, 3.8) is 0 Å². The van der Waals surface area contributed by atoms with Gasteiger partial charge in [0.05, 0.1) is 17.1 Å². The molecule has 0 aromatic heterocycles. The molecule has 142 valence electrons. The summed E-state index contributed by atoms with van der Waals surface area (Å²) < 4.78 is 64.3. The van der Waals surface area contributed by atoms with Crippen LogP contribution in [0.4, 0.5) is 18.9 Å². The molecule has 0 saturated carbocycles. The molecule has 0 spiro atoms. The summed E-state index contributed by atoms with van der Waals surface area (Å²) in [5.74, 6) is 0. The highest BCUT2D eigenvalue weighted by Crippen LogP contribution is 2.30. The van der Waals surface area contributed by atoms with Gasteiger partial charge in [-0.2, -0.15) is 13.2 Å². The average molecular weight is 453 g/mol. The smallest absolute Gasteiger partial charge is 0.395 e. The van der Waals surface area contributed by atoms with Crippen LogP contribution in [0.3, 0.4) is 0 Å². The van der Waals surface area contributed by atoms with Gasteiger partial charge in [-0.05, 0) is 51.8 Å². The van der Waals surface area contributed by atoms with E-state index < -0.39 is 21.8 Å². The lowest BCUT2D eigenvalue weighted by atomic mass is 10.1. The molecule has 5 nitrogen and oxygen atoms in total. The van der Waals surface area contributed by atoms with Crippen molar-refractivity contribution in [2.24, 2.45) is 0 Å². The first-order chi connectivity index (χ1) is 12.1. The minimum atomic E-state index is -4.37. The maximum Gasteiger partial charge on any atom is 0.416 e. The fourth-order valence-electron chi connectivity index (χ4n) is 2.08. The van der Waals surface area contributed by atoms with Crippen molar-refractivity contribution >= 4 is 31.6 Å². The second kappa shape index (κ2) is 8.38. The number of aliphatic hydroxyl groups is 1. The molecule has 2 rings (SSSR count). The number of nitrogens with one attached hydrogen (secondary N) is 2. The van der Waals surface area contributed by atoms with Crippen LogP contribution in [-0.4, -0.2) is 26.7 Å². The van der Waals surface area contributed by atoms with E-state index in [-0.39, 0.29) is 24.6 Å². The van der Waals surface area contributed by atoms with E-state index in [1.807, 2.05) is 0 Å². The largest absolute Gasteiger partial charge is 0.416 e. The number of halogens is 4. The Morgan fingerprint density at radius 1 is 1.08 bits per heavy atom. The molecular formula is C16H16BrF3N2O3S. The molecule has 0 fully saturated rings. The van der Waals surface area contributed by atoms with E-state index in [2.05, 4.69) is 26.0 Å². The lowest BCUT2D eigenvalue weighted by Crippen LogP contribution is -2.26. The van der Waals surface area contributed by atoms with Gasteiger partial charge in [-0.15, -0.1) is 0 Å². The zero-order valence-electron chi connectivity index (χ0n) is 13.3. The molecular weight excluding hydrogens is 437 g/mol. The SMILES string of the molecule is O=S(=O)(NCCO)c1ccc(NCc2ccc(C(F)(F)F)cc2)c(Br)c1. The first-order valence-corrected chi connectivity index (χ1v) is 9.71. The van der Waals surface area contributed by atoms with Crippen molar-refractivity contribution in [3.8, 4) is 0 Å². The van der Waals surface area contributed by atoms with E-state index in [0.29, 0.717) is 15.7 Å². The number of hydrogen-bond acceptors (Lipinski definition) is 4. The number of aliphatic hydroxyl groups excluding tert-OH is 1. The molecule has 0 atom stereocenters. The summed E-state index contributed by atoms with van der Waals surface area (Å²) in [4.78, 5) is 0.0258. The van der Waals surface area contributed by atoms with E-state index >= 15 is 0 Å². The topological polar surface area (TPSA) is 78.4 Å². The highest BCUT2D eigenvalue weighted by molar-refractivity contribution is 9.10. The summed E-state index contributed by atoms with van der Waals surface area (Å²) in [5.41, 5.74) is 0.518. The van der Waals surface area contributed by atoms with Crippen LogP contribution >= 0.6 is 15.9 Å². The molecule has 0 aliphatic carbocycles. The van der Waals surface area contributed by atoms with Gasteiger partial charge in [0, 0.05) is 23.2 Å². The summed E-state index contributed by atoms with van der Waals surface area (Å²) in [5, 5.41) is 11.7. The van der Waals surface area contributed by atoms with Gasteiger partial charge in [0.1, 0.15) is 0 Å². The molecule has 0 aliphatic heterocycles. The molecule has 10 heteroatoms. The Hall–Kier alpha value is -1.62. The predicted molar refractivity (Wildman–Crippen MR) is 95.2 cm³/mol. The summed E-state index contributed by atoms with van der Waals surface area (Å²) in [7, 11) is -3.72. The van der Waals surface area contributed by atoms with Gasteiger partial charge in [-0.3, -0.25) is 0 Å². The molecule has 0 saturated heterocycles. The van der Waals surface area contributed by atoms with E-state index in [4.69, 9.17) is 5.11 Å². The van der Waals surface area contributed by atoms with Crippen LogP contribution in [0.25, 0.3) is 0 Å². The Morgan fingerprint density at radius 2 is 1.73 bits per heavy atom. The molecule has 0 radical (unpaired) electrons. The van der Waals surface area contributed by atoms with Crippen molar-refractivity contribution in [3.05, 3.63) is 58.1 Å². The van der Waals surface area contributed by atoms with E-state index in [1.54, 1.807) is 6.07 Å². The number of sulfonamides is 1. The Labute approximate surface area is 157 Å². The monoisotopic (exact) mass is 452 g/mol. The second-order valence-corrected chi connectivity index (χ2v) is 7.93. The minimum absolute atomic E-state index is 0.0258. The maximum absolute atomic E-state index is 12.5. The van der Waals surface area contributed by atoms with Crippen molar-refractivity contribution < 1.29 is 26.7 Å². The zero-order valence-corrected chi connectivity index (χ0v) is 15.7. The molecule has 0 bridgehead atoms. The van der Waals surface area contributed by atoms with Crippen molar-refractivity contribution in [2.75, 3.05) is 18.5 Å². The van der Waals surface area contributed by atoms with Crippen LogP contribution < -0.4 is 10.0 Å². The second-order valence-electron chi connectivity index (χ2n) is 5.31. The fourth-order valence-corrected chi connectivity index (χ4v) is 3.80. The van der Waals surface area contributed by atoms with Gasteiger partial charge >= 0.3 is 6.18 Å². The Balaban J connectivity index is 2.07. The van der Waals surface area contributed by atoms with Crippen molar-refractivity contribution in [1.29, 1.82) is 0 Å². The van der Waals surface area contributed by atoms with Crippen molar-refractivity contribution in [1.82, 2.24) is 4.72 Å².